The quantitative estimate of drug-likeness (QED) is 0.487. The second-order valence-corrected chi connectivity index (χ2v) is 5.13. The van der Waals surface area contributed by atoms with Crippen LogP contribution in [0.15, 0.2) is 35.2 Å². The number of nitrogens with zero attached hydrogens (tertiary/aromatic N) is 1. The molecule has 0 radical (unpaired) electrons. The van der Waals surface area contributed by atoms with Crippen LogP contribution in [0.4, 0.5) is 4.79 Å². The average Bonchev–Trinajstić information content (AvgIpc) is 2.67. The van der Waals surface area contributed by atoms with E-state index >= 15 is 0 Å². The maximum atomic E-state index is 11.8. The van der Waals surface area contributed by atoms with Gasteiger partial charge in [-0.15, -0.1) is 0 Å². The number of thiocarbonyl (C=S) groups is 1. The minimum atomic E-state index is -0.489. The maximum absolute atomic E-state index is 11.8. The SMILES string of the molecule is COC(=O)CN1C(=O)SC(=Cc2ccccc2)C1=S. The van der Waals surface area contributed by atoms with Crippen molar-refractivity contribution in [2.75, 3.05) is 13.7 Å². The normalized spacial score (nSPS) is 17.1. The van der Waals surface area contributed by atoms with Crippen molar-refractivity contribution in [2.45, 2.75) is 0 Å². The number of ether oxygens (including phenoxy) is 1. The third kappa shape index (κ3) is 3.21. The molecule has 2 rings (SSSR count). The van der Waals surface area contributed by atoms with Gasteiger partial charge in [0.05, 0.1) is 12.0 Å². The first-order valence-electron chi connectivity index (χ1n) is 5.49. The van der Waals surface area contributed by atoms with Crippen LogP contribution in [0.25, 0.3) is 6.08 Å². The molecule has 0 saturated carbocycles. The molecule has 1 fully saturated rings. The Bertz CT molecular complexity index is 554. The first-order valence-corrected chi connectivity index (χ1v) is 6.71. The number of carbonyl (C=O) groups excluding carboxylic acids is 2. The van der Waals surface area contributed by atoms with E-state index in [0.29, 0.717) is 9.89 Å². The fourth-order valence-corrected chi connectivity index (χ4v) is 2.77. The van der Waals surface area contributed by atoms with E-state index in [1.807, 2.05) is 36.4 Å². The topological polar surface area (TPSA) is 46.6 Å². The summed E-state index contributed by atoms with van der Waals surface area (Å²) in [6.45, 7) is -0.146. The highest BCUT2D eigenvalue weighted by Crippen LogP contribution is 2.33. The zero-order valence-corrected chi connectivity index (χ0v) is 11.8. The molecule has 0 atom stereocenters. The maximum Gasteiger partial charge on any atom is 0.325 e. The van der Waals surface area contributed by atoms with E-state index in [4.69, 9.17) is 12.2 Å². The van der Waals surface area contributed by atoms with Gasteiger partial charge < -0.3 is 4.74 Å². The van der Waals surface area contributed by atoms with Crippen LogP contribution in [0.1, 0.15) is 5.56 Å². The molecule has 1 aromatic carbocycles. The first-order chi connectivity index (χ1) is 9.11. The van der Waals surface area contributed by atoms with E-state index in [-0.39, 0.29) is 11.8 Å². The van der Waals surface area contributed by atoms with E-state index in [2.05, 4.69) is 4.74 Å². The van der Waals surface area contributed by atoms with Crippen LogP contribution in [-0.2, 0) is 9.53 Å². The summed E-state index contributed by atoms with van der Waals surface area (Å²) < 4.78 is 4.54. The highest BCUT2D eigenvalue weighted by molar-refractivity contribution is 8.19. The van der Waals surface area contributed by atoms with Crippen LogP contribution in [-0.4, -0.2) is 34.8 Å². The number of benzene rings is 1. The van der Waals surface area contributed by atoms with Crippen LogP contribution in [0.2, 0.25) is 0 Å². The molecule has 1 saturated heterocycles. The summed E-state index contributed by atoms with van der Waals surface area (Å²) in [6, 6.07) is 9.57. The van der Waals surface area contributed by atoms with Gasteiger partial charge in [0, 0.05) is 0 Å². The largest absolute Gasteiger partial charge is 0.468 e. The summed E-state index contributed by atoms with van der Waals surface area (Å²) in [6.07, 6.45) is 1.84. The fraction of sp³-hybridized carbons (Fsp3) is 0.154. The van der Waals surface area contributed by atoms with Crippen molar-refractivity contribution in [2.24, 2.45) is 0 Å². The number of amides is 1. The molecule has 1 amide bonds. The third-order valence-electron chi connectivity index (χ3n) is 2.49. The Kier molecular flexibility index (Phi) is 4.34. The summed E-state index contributed by atoms with van der Waals surface area (Å²) in [5, 5.41) is -0.252. The van der Waals surface area contributed by atoms with Gasteiger partial charge in [0.25, 0.3) is 5.24 Å². The van der Waals surface area contributed by atoms with Gasteiger partial charge in [-0.2, -0.15) is 0 Å². The van der Waals surface area contributed by atoms with Crippen molar-refractivity contribution in [3.63, 3.8) is 0 Å². The van der Waals surface area contributed by atoms with Gasteiger partial charge in [-0.3, -0.25) is 14.5 Å². The molecule has 0 spiro atoms. The lowest BCUT2D eigenvalue weighted by Crippen LogP contribution is -2.33. The monoisotopic (exact) mass is 293 g/mol. The zero-order valence-electron chi connectivity index (χ0n) is 10.2. The summed E-state index contributed by atoms with van der Waals surface area (Å²) in [5.41, 5.74) is 0.958. The molecule has 19 heavy (non-hydrogen) atoms. The minimum Gasteiger partial charge on any atom is -0.468 e. The molecule has 4 nitrogen and oxygen atoms in total. The van der Waals surface area contributed by atoms with Crippen LogP contribution in [0.3, 0.4) is 0 Å². The van der Waals surface area contributed by atoms with E-state index < -0.39 is 5.97 Å². The number of hydrogen-bond donors (Lipinski definition) is 0. The molecule has 98 valence electrons. The van der Waals surface area contributed by atoms with Crippen molar-refractivity contribution in [3.05, 3.63) is 40.8 Å². The predicted molar refractivity (Wildman–Crippen MR) is 78.7 cm³/mol. The summed E-state index contributed by atoms with van der Waals surface area (Å²) in [7, 11) is 1.28. The summed E-state index contributed by atoms with van der Waals surface area (Å²) in [5.74, 6) is -0.489. The van der Waals surface area contributed by atoms with Crippen LogP contribution < -0.4 is 0 Å². The lowest BCUT2D eigenvalue weighted by molar-refractivity contribution is -0.140. The highest BCUT2D eigenvalue weighted by atomic mass is 32.2. The molecule has 0 N–H and O–H groups in total. The van der Waals surface area contributed by atoms with E-state index in [1.54, 1.807) is 0 Å². The summed E-state index contributed by atoms with van der Waals surface area (Å²) >= 11 is 6.24. The molecule has 1 aromatic rings. The Morgan fingerprint density at radius 1 is 1.42 bits per heavy atom. The molecule has 6 heteroatoms. The molecule has 1 aliphatic heterocycles. The molecular weight excluding hydrogens is 282 g/mol. The molecule has 1 heterocycles. The highest BCUT2D eigenvalue weighted by Gasteiger charge is 2.33. The lowest BCUT2D eigenvalue weighted by atomic mass is 10.2. The Hall–Kier alpha value is -1.66. The van der Waals surface area contributed by atoms with Gasteiger partial charge >= 0.3 is 5.97 Å². The fourth-order valence-electron chi connectivity index (χ4n) is 1.53. The first kappa shape index (κ1) is 13.8. The van der Waals surface area contributed by atoms with Crippen molar-refractivity contribution in [3.8, 4) is 0 Å². The predicted octanol–water partition coefficient (Wildman–Crippen LogP) is 2.70. The minimum absolute atomic E-state index is 0.146. The van der Waals surface area contributed by atoms with E-state index in [9.17, 15) is 9.59 Å². The summed E-state index contributed by atoms with van der Waals surface area (Å²) in [4.78, 5) is 25.3. The van der Waals surface area contributed by atoms with Crippen molar-refractivity contribution >= 4 is 46.3 Å². The number of esters is 1. The number of carbonyl (C=O) groups is 2. The molecule has 0 aromatic heterocycles. The van der Waals surface area contributed by atoms with Gasteiger partial charge in [0.2, 0.25) is 0 Å². The van der Waals surface area contributed by atoms with E-state index in [1.165, 1.54) is 12.0 Å². The second kappa shape index (κ2) is 5.99. The van der Waals surface area contributed by atoms with Gasteiger partial charge in [-0.05, 0) is 23.4 Å². The third-order valence-corrected chi connectivity index (χ3v) is 3.98. The molecule has 0 unspecified atom stereocenters. The van der Waals surface area contributed by atoms with Crippen molar-refractivity contribution in [1.29, 1.82) is 0 Å². The second-order valence-electron chi connectivity index (χ2n) is 3.75. The standard InChI is InChI=1S/C13H11NO3S2/c1-17-11(15)8-14-12(18)10(19-13(14)16)7-9-5-3-2-4-6-9/h2-7H,8H2,1H3. The number of hydrogen-bond acceptors (Lipinski definition) is 5. The van der Waals surface area contributed by atoms with Gasteiger partial charge in [-0.25, -0.2) is 0 Å². The Morgan fingerprint density at radius 3 is 2.74 bits per heavy atom. The smallest absolute Gasteiger partial charge is 0.325 e. The molecular formula is C13H11NO3S2. The lowest BCUT2D eigenvalue weighted by Gasteiger charge is -2.12. The van der Waals surface area contributed by atoms with Crippen molar-refractivity contribution < 1.29 is 14.3 Å². The van der Waals surface area contributed by atoms with Gasteiger partial charge in [-0.1, -0.05) is 42.5 Å². The Morgan fingerprint density at radius 2 is 2.11 bits per heavy atom. The van der Waals surface area contributed by atoms with Crippen LogP contribution >= 0.6 is 24.0 Å². The molecule has 1 aliphatic rings. The van der Waals surface area contributed by atoms with Crippen molar-refractivity contribution in [1.82, 2.24) is 4.90 Å². The zero-order chi connectivity index (χ0) is 13.8. The molecule has 0 bridgehead atoms. The van der Waals surface area contributed by atoms with Crippen LogP contribution in [0.5, 0.6) is 0 Å². The Balaban J connectivity index is 2.18. The number of thioether (sulfide) groups is 1. The molecule has 0 aliphatic carbocycles. The van der Waals surface area contributed by atoms with E-state index in [0.717, 1.165) is 17.3 Å². The van der Waals surface area contributed by atoms with Gasteiger partial charge in [0.1, 0.15) is 11.5 Å². The Labute approximate surface area is 120 Å². The van der Waals surface area contributed by atoms with Gasteiger partial charge in [0.15, 0.2) is 0 Å². The number of rotatable bonds is 3. The van der Waals surface area contributed by atoms with Crippen LogP contribution in [0, 0.1) is 0 Å². The number of methoxy groups -OCH3 is 1. The average molecular weight is 293 g/mol.